The first-order valence-corrected chi connectivity index (χ1v) is 7.11. The summed E-state index contributed by atoms with van der Waals surface area (Å²) in [7, 11) is 0. The Morgan fingerprint density at radius 2 is 2.00 bits per heavy atom. The number of hydrogen-bond donors (Lipinski definition) is 0. The fraction of sp³-hybridized carbons (Fsp3) is 0.250. The van der Waals surface area contributed by atoms with E-state index in [1.807, 2.05) is 0 Å². The molecule has 0 N–H and O–H groups in total. The lowest BCUT2D eigenvalue weighted by Crippen LogP contribution is -2.19. The van der Waals surface area contributed by atoms with Crippen molar-refractivity contribution in [3.63, 3.8) is 0 Å². The fourth-order valence-electron chi connectivity index (χ4n) is 2.56. The highest BCUT2D eigenvalue weighted by molar-refractivity contribution is 9.10. The molecule has 0 bridgehead atoms. The molecule has 0 atom stereocenters. The monoisotopic (exact) mass is 301 g/mol. The number of halogens is 1. The molecule has 1 aliphatic rings. The Balaban J connectivity index is 1.86. The Morgan fingerprint density at radius 3 is 2.83 bits per heavy atom. The molecule has 0 aromatic heterocycles. The van der Waals surface area contributed by atoms with Crippen LogP contribution in [0.3, 0.4) is 0 Å². The second-order valence-electron chi connectivity index (χ2n) is 4.90. The van der Waals surface area contributed by atoms with Gasteiger partial charge in [0, 0.05) is 23.2 Å². The summed E-state index contributed by atoms with van der Waals surface area (Å²) >= 11 is 3.67. The maximum atomic E-state index is 3.67. The molecule has 0 saturated carbocycles. The zero-order chi connectivity index (χ0) is 12.5. The highest BCUT2D eigenvalue weighted by Crippen LogP contribution is 2.30. The van der Waals surface area contributed by atoms with E-state index in [2.05, 4.69) is 70.2 Å². The van der Waals surface area contributed by atoms with Gasteiger partial charge in [0.1, 0.15) is 0 Å². The van der Waals surface area contributed by atoms with Crippen molar-refractivity contribution in [2.24, 2.45) is 0 Å². The van der Waals surface area contributed by atoms with Crippen LogP contribution in [0.1, 0.15) is 16.7 Å². The van der Waals surface area contributed by atoms with Gasteiger partial charge in [0.15, 0.2) is 0 Å². The maximum Gasteiger partial charge on any atom is 0.0440 e. The number of benzene rings is 2. The van der Waals surface area contributed by atoms with Gasteiger partial charge in [-0.3, -0.25) is 0 Å². The second kappa shape index (κ2) is 4.77. The molecule has 0 spiro atoms. The van der Waals surface area contributed by atoms with Crippen molar-refractivity contribution >= 4 is 21.6 Å². The predicted octanol–water partition coefficient (Wildman–Crippen LogP) is 4.32. The zero-order valence-electron chi connectivity index (χ0n) is 10.5. The summed E-state index contributed by atoms with van der Waals surface area (Å²) in [5, 5.41) is 0. The first-order valence-electron chi connectivity index (χ1n) is 6.32. The largest absolute Gasteiger partial charge is 0.367 e. The lowest BCUT2D eigenvalue weighted by atomic mass is 10.1. The number of fused-ring (bicyclic) bond motifs is 1. The van der Waals surface area contributed by atoms with Gasteiger partial charge < -0.3 is 4.90 Å². The van der Waals surface area contributed by atoms with Crippen LogP contribution in [0, 0.1) is 6.92 Å². The van der Waals surface area contributed by atoms with Gasteiger partial charge in [-0.25, -0.2) is 0 Å². The molecular weight excluding hydrogens is 286 g/mol. The minimum absolute atomic E-state index is 0.984. The van der Waals surface area contributed by atoms with E-state index < -0.39 is 0 Å². The molecular formula is C16H16BrN. The van der Waals surface area contributed by atoms with E-state index >= 15 is 0 Å². The molecule has 0 amide bonds. The summed E-state index contributed by atoms with van der Waals surface area (Å²) in [5.74, 6) is 0. The second-order valence-corrected chi connectivity index (χ2v) is 5.75. The van der Waals surface area contributed by atoms with E-state index in [4.69, 9.17) is 0 Å². The van der Waals surface area contributed by atoms with Crippen LogP contribution in [-0.4, -0.2) is 6.54 Å². The predicted molar refractivity (Wildman–Crippen MR) is 80.1 cm³/mol. The number of anilines is 1. The molecule has 92 valence electrons. The third-order valence-corrected chi connectivity index (χ3v) is 4.29. The van der Waals surface area contributed by atoms with Crippen LogP contribution in [0.4, 0.5) is 5.69 Å². The average molecular weight is 302 g/mol. The van der Waals surface area contributed by atoms with Crippen molar-refractivity contribution in [2.45, 2.75) is 19.9 Å². The normalized spacial score (nSPS) is 13.8. The molecule has 0 saturated heterocycles. The van der Waals surface area contributed by atoms with Crippen LogP contribution < -0.4 is 4.90 Å². The van der Waals surface area contributed by atoms with Crippen molar-refractivity contribution in [2.75, 3.05) is 11.4 Å². The van der Waals surface area contributed by atoms with Gasteiger partial charge in [-0.2, -0.15) is 0 Å². The Morgan fingerprint density at radius 1 is 1.17 bits per heavy atom. The zero-order valence-corrected chi connectivity index (χ0v) is 12.1. The lowest BCUT2D eigenvalue weighted by molar-refractivity contribution is 0.833. The van der Waals surface area contributed by atoms with Crippen molar-refractivity contribution in [3.05, 3.63) is 63.6 Å². The van der Waals surface area contributed by atoms with E-state index in [1.165, 1.54) is 33.3 Å². The molecule has 1 aliphatic heterocycles. The summed E-state index contributed by atoms with van der Waals surface area (Å²) in [6.45, 7) is 4.23. The molecule has 1 heterocycles. The highest BCUT2D eigenvalue weighted by Gasteiger charge is 2.18. The SMILES string of the molecule is Cc1ccc(CN2CCc3ccccc32)c(Br)c1. The number of nitrogens with zero attached hydrogens (tertiary/aromatic N) is 1. The molecule has 18 heavy (non-hydrogen) atoms. The Labute approximate surface area is 117 Å². The summed E-state index contributed by atoms with van der Waals surface area (Å²) in [6, 6.07) is 15.3. The smallest absolute Gasteiger partial charge is 0.0440 e. The summed E-state index contributed by atoms with van der Waals surface area (Å²) < 4.78 is 1.21. The molecule has 3 rings (SSSR count). The summed E-state index contributed by atoms with van der Waals surface area (Å²) in [6.07, 6.45) is 1.17. The standard InChI is InChI=1S/C16H16BrN/c1-12-6-7-14(15(17)10-12)11-18-9-8-13-4-2-3-5-16(13)18/h2-7,10H,8-9,11H2,1H3. The molecule has 0 fully saturated rings. The van der Waals surface area contributed by atoms with Gasteiger partial charge >= 0.3 is 0 Å². The third kappa shape index (κ3) is 2.17. The molecule has 2 heteroatoms. The van der Waals surface area contributed by atoms with Gasteiger partial charge in [-0.15, -0.1) is 0 Å². The van der Waals surface area contributed by atoms with Gasteiger partial charge in [-0.05, 0) is 42.2 Å². The van der Waals surface area contributed by atoms with Crippen molar-refractivity contribution < 1.29 is 0 Å². The Bertz CT molecular complexity index is 577. The quantitative estimate of drug-likeness (QED) is 0.798. The van der Waals surface area contributed by atoms with Crippen molar-refractivity contribution in [3.8, 4) is 0 Å². The minimum atomic E-state index is 0.984. The maximum absolute atomic E-state index is 3.67. The van der Waals surface area contributed by atoms with E-state index in [0.29, 0.717) is 0 Å². The van der Waals surface area contributed by atoms with E-state index in [-0.39, 0.29) is 0 Å². The van der Waals surface area contributed by atoms with Gasteiger partial charge in [0.25, 0.3) is 0 Å². The third-order valence-electron chi connectivity index (χ3n) is 3.55. The van der Waals surface area contributed by atoms with Gasteiger partial charge in [-0.1, -0.05) is 46.3 Å². The molecule has 0 radical (unpaired) electrons. The van der Waals surface area contributed by atoms with Crippen LogP contribution >= 0.6 is 15.9 Å². The molecule has 2 aromatic rings. The van der Waals surface area contributed by atoms with Gasteiger partial charge in [0.05, 0.1) is 0 Å². The van der Waals surface area contributed by atoms with E-state index in [0.717, 1.165) is 13.1 Å². The Hall–Kier alpha value is -1.28. The van der Waals surface area contributed by atoms with Crippen LogP contribution in [0.15, 0.2) is 46.9 Å². The number of aryl methyl sites for hydroxylation is 1. The molecule has 1 nitrogen and oxygen atoms in total. The molecule has 0 unspecified atom stereocenters. The fourth-order valence-corrected chi connectivity index (χ4v) is 3.18. The van der Waals surface area contributed by atoms with E-state index in [1.54, 1.807) is 0 Å². The topological polar surface area (TPSA) is 3.24 Å². The van der Waals surface area contributed by atoms with E-state index in [9.17, 15) is 0 Å². The van der Waals surface area contributed by atoms with Crippen LogP contribution in [-0.2, 0) is 13.0 Å². The van der Waals surface area contributed by atoms with Gasteiger partial charge in [0.2, 0.25) is 0 Å². The first kappa shape index (κ1) is 11.8. The summed E-state index contributed by atoms with van der Waals surface area (Å²) in [4.78, 5) is 2.46. The Kier molecular flexibility index (Phi) is 3.13. The molecule has 0 aliphatic carbocycles. The minimum Gasteiger partial charge on any atom is -0.367 e. The summed E-state index contributed by atoms with van der Waals surface area (Å²) in [5.41, 5.74) is 5.52. The number of hydrogen-bond acceptors (Lipinski definition) is 1. The highest BCUT2D eigenvalue weighted by atomic mass is 79.9. The lowest BCUT2D eigenvalue weighted by Gasteiger charge is -2.20. The van der Waals surface area contributed by atoms with Crippen molar-refractivity contribution in [1.29, 1.82) is 0 Å². The van der Waals surface area contributed by atoms with Crippen LogP contribution in [0.5, 0.6) is 0 Å². The average Bonchev–Trinajstić information content (AvgIpc) is 2.76. The van der Waals surface area contributed by atoms with Crippen LogP contribution in [0.2, 0.25) is 0 Å². The van der Waals surface area contributed by atoms with Crippen LogP contribution in [0.25, 0.3) is 0 Å². The number of para-hydroxylation sites is 1. The number of rotatable bonds is 2. The van der Waals surface area contributed by atoms with Crippen molar-refractivity contribution in [1.82, 2.24) is 0 Å². The molecule has 2 aromatic carbocycles. The first-order chi connectivity index (χ1) is 8.74.